The molecule has 0 aromatic heterocycles. The predicted molar refractivity (Wildman–Crippen MR) is 89.0 cm³/mol. The number of hydrogen-bond acceptors (Lipinski definition) is 3. The highest BCUT2D eigenvalue weighted by molar-refractivity contribution is 5.85. The summed E-state index contributed by atoms with van der Waals surface area (Å²) in [5.74, 6) is 0. The number of morpholine rings is 1. The highest BCUT2D eigenvalue weighted by Crippen LogP contribution is 2.32. The second-order valence-electron chi connectivity index (χ2n) is 6.74. The van der Waals surface area contributed by atoms with Crippen molar-refractivity contribution in [2.24, 2.45) is 5.41 Å². The Labute approximate surface area is 134 Å². The van der Waals surface area contributed by atoms with Crippen LogP contribution in [-0.4, -0.2) is 43.8 Å². The quantitative estimate of drug-likeness (QED) is 0.929. The van der Waals surface area contributed by atoms with Crippen molar-refractivity contribution in [3.8, 4) is 0 Å². The van der Waals surface area contributed by atoms with Gasteiger partial charge in [-0.05, 0) is 30.9 Å². The van der Waals surface area contributed by atoms with Crippen LogP contribution >= 0.6 is 12.4 Å². The van der Waals surface area contributed by atoms with Crippen LogP contribution in [0.15, 0.2) is 30.3 Å². The van der Waals surface area contributed by atoms with E-state index in [1.54, 1.807) is 0 Å². The Hall–Kier alpha value is -0.610. The lowest BCUT2D eigenvalue weighted by Crippen LogP contribution is -2.48. The molecule has 0 radical (unpaired) electrons. The molecule has 2 aliphatic heterocycles. The smallest absolute Gasteiger partial charge is 0.0675 e. The molecular weight excluding hydrogens is 284 g/mol. The van der Waals surface area contributed by atoms with Gasteiger partial charge in [-0.25, -0.2) is 0 Å². The molecule has 1 aromatic carbocycles. The molecule has 3 rings (SSSR count). The molecule has 0 spiro atoms. The Balaban J connectivity index is 0.00000161. The van der Waals surface area contributed by atoms with E-state index in [-0.39, 0.29) is 12.4 Å². The molecule has 0 bridgehead atoms. The predicted octanol–water partition coefficient (Wildman–Crippen LogP) is 2.87. The molecule has 118 valence electrons. The summed E-state index contributed by atoms with van der Waals surface area (Å²) in [5, 5.41) is 3.51. The molecular formula is C17H27ClN2O. The molecule has 21 heavy (non-hydrogen) atoms. The van der Waals surface area contributed by atoms with Gasteiger partial charge in [0, 0.05) is 19.6 Å². The van der Waals surface area contributed by atoms with Gasteiger partial charge in [-0.1, -0.05) is 37.3 Å². The van der Waals surface area contributed by atoms with Crippen LogP contribution in [0, 0.1) is 5.41 Å². The summed E-state index contributed by atoms with van der Waals surface area (Å²) in [6, 6.07) is 11.2. The van der Waals surface area contributed by atoms with Gasteiger partial charge in [0.1, 0.15) is 0 Å². The fourth-order valence-corrected chi connectivity index (χ4v) is 3.52. The lowest BCUT2D eigenvalue weighted by Gasteiger charge is -2.42. The minimum Gasteiger partial charge on any atom is -0.375 e. The SMILES string of the molecule is CC1CN(CC2(C)CCNC2)C(c2ccccc2)CO1.Cl. The normalized spacial score (nSPS) is 33.6. The number of benzene rings is 1. The molecule has 2 fully saturated rings. The van der Waals surface area contributed by atoms with E-state index in [1.165, 1.54) is 12.0 Å². The van der Waals surface area contributed by atoms with Gasteiger partial charge in [0.05, 0.1) is 18.8 Å². The van der Waals surface area contributed by atoms with Gasteiger partial charge >= 0.3 is 0 Å². The van der Waals surface area contributed by atoms with Crippen molar-refractivity contribution < 1.29 is 4.74 Å². The highest BCUT2D eigenvalue weighted by Gasteiger charge is 2.36. The molecule has 3 nitrogen and oxygen atoms in total. The van der Waals surface area contributed by atoms with Crippen LogP contribution in [0.1, 0.15) is 31.9 Å². The molecule has 3 unspecified atom stereocenters. The summed E-state index contributed by atoms with van der Waals surface area (Å²) < 4.78 is 5.92. The summed E-state index contributed by atoms with van der Waals surface area (Å²) in [5.41, 5.74) is 1.79. The zero-order chi connectivity index (χ0) is 14.0. The minimum absolute atomic E-state index is 0. The van der Waals surface area contributed by atoms with E-state index < -0.39 is 0 Å². The highest BCUT2D eigenvalue weighted by atomic mass is 35.5. The fraction of sp³-hybridized carbons (Fsp3) is 0.647. The number of nitrogens with one attached hydrogen (secondary N) is 1. The van der Waals surface area contributed by atoms with Crippen molar-refractivity contribution in [3.63, 3.8) is 0 Å². The Morgan fingerprint density at radius 3 is 2.76 bits per heavy atom. The van der Waals surface area contributed by atoms with Crippen molar-refractivity contribution in [2.75, 3.05) is 32.8 Å². The van der Waals surface area contributed by atoms with Crippen LogP contribution in [0.3, 0.4) is 0 Å². The molecule has 1 aromatic rings. The third-order valence-corrected chi connectivity index (χ3v) is 4.70. The van der Waals surface area contributed by atoms with E-state index >= 15 is 0 Å². The van der Waals surface area contributed by atoms with Gasteiger partial charge in [-0.3, -0.25) is 4.90 Å². The first-order chi connectivity index (χ1) is 9.66. The minimum atomic E-state index is 0. The van der Waals surface area contributed by atoms with Crippen molar-refractivity contribution in [3.05, 3.63) is 35.9 Å². The third-order valence-electron chi connectivity index (χ3n) is 4.70. The Morgan fingerprint density at radius 1 is 1.33 bits per heavy atom. The molecule has 2 heterocycles. The molecule has 2 saturated heterocycles. The van der Waals surface area contributed by atoms with Crippen molar-refractivity contribution in [1.82, 2.24) is 10.2 Å². The van der Waals surface area contributed by atoms with Gasteiger partial charge in [0.15, 0.2) is 0 Å². The lowest BCUT2D eigenvalue weighted by atomic mass is 9.87. The standard InChI is InChI=1S/C17H26N2O.ClH/c1-14-10-19(13-17(2)8-9-18-12-17)16(11-20-14)15-6-4-3-5-7-15;/h3-7,14,16,18H,8-13H2,1-2H3;1H. The first-order valence-corrected chi connectivity index (χ1v) is 7.78. The molecule has 2 aliphatic rings. The molecule has 0 aliphatic carbocycles. The van der Waals surface area contributed by atoms with E-state index in [2.05, 4.69) is 54.4 Å². The molecule has 0 amide bonds. The zero-order valence-corrected chi connectivity index (χ0v) is 13.9. The maximum absolute atomic E-state index is 5.92. The van der Waals surface area contributed by atoms with Crippen LogP contribution in [0.25, 0.3) is 0 Å². The summed E-state index contributed by atoms with van der Waals surface area (Å²) in [7, 11) is 0. The third kappa shape index (κ3) is 3.98. The van der Waals surface area contributed by atoms with Crippen LogP contribution in [0.2, 0.25) is 0 Å². The van der Waals surface area contributed by atoms with Crippen LogP contribution in [0.5, 0.6) is 0 Å². The number of ether oxygens (including phenoxy) is 1. The van der Waals surface area contributed by atoms with Crippen LogP contribution in [-0.2, 0) is 4.74 Å². The lowest BCUT2D eigenvalue weighted by molar-refractivity contribution is -0.0670. The monoisotopic (exact) mass is 310 g/mol. The van der Waals surface area contributed by atoms with Gasteiger partial charge in [-0.2, -0.15) is 0 Å². The van der Waals surface area contributed by atoms with E-state index in [4.69, 9.17) is 4.74 Å². The number of nitrogens with zero attached hydrogens (tertiary/aromatic N) is 1. The first-order valence-electron chi connectivity index (χ1n) is 7.78. The Morgan fingerprint density at radius 2 is 2.10 bits per heavy atom. The fourth-order valence-electron chi connectivity index (χ4n) is 3.52. The van der Waals surface area contributed by atoms with E-state index in [1.807, 2.05) is 0 Å². The Kier molecular flexibility index (Phi) is 5.67. The maximum atomic E-state index is 5.92. The van der Waals surface area contributed by atoms with Gasteiger partial charge in [0.25, 0.3) is 0 Å². The second-order valence-corrected chi connectivity index (χ2v) is 6.74. The van der Waals surface area contributed by atoms with Gasteiger partial charge in [0.2, 0.25) is 0 Å². The zero-order valence-electron chi connectivity index (χ0n) is 13.0. The summed E-state index contributed by atoms with van der Waals surface area (Å²) in [6.45, 7) is 9.91. The summed E-state index contributed by atoms with van der Waals surface area (Å²) >= 11 is 0. The molecule has 0 saturated carbocycles. The second kappa shape index (κ2) is 7.10. The number of halogens is 1. The summed E-state index contributed by atoms with van der Waals surface area (Å²) in [4.78, 5) is 2.64. The van der Waals surface area contributed by atoms with Gasteiger partial charge in [-0.15, -0.1) is 12.4 Å². The maximum Gasteiger partial charge on any atom is 0.0675 e. The largest absolute Gasteiger partial charge is 0.375 e. The van der Waals surface area contributed by atoms with E-state index in [0.717, 1.165) is 32.8 Å². The van der Waals surface area contributed by atoms with E-state index in [0.29, 0.717) is 17.6 Å². The summed E-state index contributed by atoms with van der Waals surface area (Å²) in [6.07, 6.45) is 1.62. The number of hydrogen-bond donors (Lipinski definition) is 1. The average Bonchev–Trinajstić information content (AvgIpc) is 2.86. The van der Waals surface area contributed by atoms with E-state index in [9.17, 15) is 0 Å². The first kappa shape index (κ1) is 16.8. The average molecular weight is 311 g/mol. The van der Waals surface area contributed by atoms with Crippen LogP contribution in [0.4, 0.5) is 0 Å². The van der Waals surface area contributed by atoms with Crippen molar-refractivity contribution >= 4 is 12.4 Å². The molecule has 1 N–H and O–H groups in total. The topological polar surface area (TPSA) is 24.5 Å². The Bertz CT molecular complexity index is 434. The number of rotatable bonds is 3. The molecule has 3 atom stereocenters. The van der Waals surface area contributed by atoms with Crippen molar-refractivity contribution in [1.29, 1.82) is 0 Å². The van der Waals surface area contributed by atoms with Gasteiger partial charge < -0.3 is 10.1 Å². The van der Waals surface area contributed by atoms with Crippen molar-refractivity contribution in [2.45, 2.75) is 32.4 Å². The van der Waals surface area contributed by atoms with Crippen LogP contribution < -0.4 is 5.32 Å². The molecule has 4 heteroatoms.